The first-order valence-electron chi connectivity index (χ1n) is 10.5. The minimum absolute atomic E-state index is 0.116. The highest BCUT2D eigenvalue weighted by Crippen LogP contribution is 2.29. The minimum Gasteiger partial charge on any atom is -0.491 e. The monoisotopic (exact) mass is 408 g/mol. The van der Waals surface area contributed by atoms with Gasteiger partial charge in [-0.1, -0.05) is 0 Å². The number of hydrogen-bond acceptors (Lipinski definition) is 6. The first-order chi connectivity index (χ1) is 14.7. The van der Waals surface area contributed by atoms with E-state index >= 15 is 0 Å². The van der Waals surface area contributed by atoms with Crippen LogP contribution in [0.15, 0.2) is 24.3 Å². The predicted molar refractivity (Wildman–Crippen MR) is 106 cm³/mol. The molecule has 5 rings (SSSR count). The number of hydrogen-bond donors (Lipinski definition) is 1. The molecule has 0 radical (unpaired) electrons. The summed E-state index contributed by atoms with van der Waals surface area (Å²) < 4.78 is 19.0. The van der Waals surface area contributed by atoms with Crippen molar-refractivity contribution in [1.29, 1.82) is 5.26 Å². The Hall–Kier alpha value is -3.05. The Morgan fingerprint density at radius 1 is 1.30 bits per heavy atom. The van der Waals surface area contributed by atoms with Gasteiger partial charge in [-0.25, -0.2) is 4.68 Å². The number of aromatic nitrogens is 2. The Labute approximate surface area is 174 Å². The number of nitriles is 1. The van der Waals surface area contributed by atoms with Crippen LogP contribution in [0.2, 0.25) is 0 Å². The van der Waals surface area contributed by atoms with Crippen LogP contribution in [0.1, 0.15) is 40.9 Å². The van der Waals surface area contributed by atoms with Gasteiger partial charge in [0.05, 0.1) is 24.2 Å². The first kappa shape index (κ1) is 18.9. The second-order valence-corrected chi connectivity index (χ2v) is 8.20. The van der Waals surface area contributed by atoms with E-state index in [9.17, 15) is 4.79 Å². The van der Waals surface area contributed by atoms with Crippen molar-refractivity contribution in [3.63, 3.8) is 0 Å². The zero-order valence-corrected chi connectivity index (χ0v) is 16.7. The lowest BCUT2D eigenvalue weighted by Gasteiger charge is -2.26. The van der Waals surface area contributed by atoms with E-state index in [0.717, 1.165) is 43.8 Å². The maximum atomic E-state index is 12.7. The van der Waals surface area contributed by atoms with Crippen LogP contribution in [0.3, 0.4) is 0 Å². The fourth-order valence-electron chi connectivity index (χ4n) is 4.43. The molecule has 1 fully saturated rings. The minimum atomic E-state index is -0.241. The standard InChI is InChI=1S/C22H24N4O4/c23-11-15-1-2-20-16(7-15)9-17(13-29-20)24-22(27)19-10-21-26(25-19)12-18(30-21)8-14-3-5-28-6-4-14/h1-2,7,10,14,17-18H,3-6,8-9,12-13H2,(H,24,27)/t17-,18?/m1/s1. The van der Waals surface area contributed by atoms with Gasteiger partial charge in [0.1, 0.15) is 18.5 Å². The molecule has 30 heavy (non-hydrogen) atoms. The van der Waals surface area contributed by atoms with Crippen molar-refractivity contribution < 1.29 is 19.0 Å². The van der Waals surface area contributed by atoms with Crippen LogP contribution in [0.4, 0.5) is 0 Å². The zero-order chi connectivity index (χ0) is 20.5. The molecule has 1 amide bonds. The van der Waals surface area contributed by atoms with E-state index in [0.29, 0.717) is 42.6 Å². The van der Waals surface area contributed by atoms with Crippen LogP contribution in [-0.2, 0) is 17.7 Å². The molecule has 8 nitrogen and oxygen atoms in total. The highest BCUT2D eigenvalue weighted by molar-refractivity contribution is 5.92. The Morgan fingerprint density at radius 2 is 2.17 bits per heavy atom. The molecule has 0 bridgehead atoms. The van der Waals surface area contributed by atoms with Crippen molar-refractivity contribution in [3.05, 3.63) is 41.1 Å². The Morgan fingerprint density at radius 3 is 2.97 bits per heavy atom. The van der Waals surface area contributed by atoms with E-state index in [1.807, 2.05) is 6.07 Å². The van der Waals surface area contributed by atoms with Gasteiger partial charge in [0.2, 0.25) is 5.88 Å². The normalized spacial score (nSPS) is 22.9. The maximum absolute atomic E-state index is 12.7. The largest absolute Gasteiger partial charge is 0.491 e. The van der Waals surface area contributed by atoms with E-state index < -0.39 is 0 Å². The molecule has 0 saturated carbocycles. The lowest BCUT2D eigenvalue weighted by atomic mass is 9.94. The lowest BCUT2D eigenvalue weighted by molar-refractivity contribution is 0.0507. The van der Waals surface area contributed by atoms with Crippen molar-refractivity contribution in [1.82, 2.24) is 15.1 Å². The van der Waals surface area contributed by atoms with Crippen molar-refractivity contribution in [2.75, 3.05) is 19.8 Å². The topological polar surface area (TPSA) is 98.4 Å². The second-order valence-electron chi connectivity index (χ2n) is 8.20. The molecule has 1 aromatic heterocycles. The van der Waals surface area contributed by atoms with Crippen LogP contribution < -0.4 is 14.8 Å². The third-order valence-electron chi connectivity index (χ3n) is 6.01. The van der Waals surface area contributed by atoms with Gasteiger partial charge in [0.25, 0.3) is 5.91 Å². The second kappa shape index (κ2) is 8.00. The Bertz CT molecular complexity index is 966. The average molecular weight is 408 g/mol. The quantitative estimate of drug-likeness (QED) is 0.832. The summed E-state index contributed by atoms with van der Waals surface area (Å²) in [5.41, 5.74) is 1.87. The number of fused-ring (bicyclic) bond motifs is 2. The highest BCUT2D eigenvalue weighted by Gasteiger charge is 2.30. The molecule has 0 spiro atoms. The van der Waals surface area contributed by atoms with Gasteiger partial charge >= 0.3 is 0 Å². The smallest absolute Gasteiger partial charge is 0.272 e. The molecule has 3 aliphatic heterocycles. The summed E-state index contributed by atoms with van der Waals surface area (Å²) in [6.45, 7) is 2.73. The van der Waals surface area contributed by atoms with E-state index in [2.05, 4.69) is 16.5 Å². The molecular formula is C22H24N4O4. The summed E-state index contributed by atoms with van der Waals surface area (Å²) in [7, 11) is 0. The molecule has 8 heteroatoms. The molecule has 3 aliphatic rings. The summed E-state index contributed by atoms with van der Waals surface area (Å²) in [5.74, 6) is 1.81. The molecule has 1 N–H and O–H groups in total. The van der Waals surface area contributed by atoms with Crippen LogP contribution in [0, 0.1) is 17.2 Å². The summed E-state index contributed by atoms with van der Waals surface area (Å²) in [5, 5.41) is 16.5. The third-order valence-corrected chi connectivity index (χ3v) is 6.01. The van der Waals surface area contributed by atoms with Crippen molar-refractivity contribution in [2.24, 2.45) is 5.92 Å². The number of nitrogens with one attached hydrogen (secondary N) is 1. The van der Waals surface area contributed by atoms with Crippen molar-refractivity contribution in [3.8, 4) is 17.7 Å². The van der Waals surface area contributed by atoms with E-state index in [4.69, 9.17) is 19.5 Å². The van der Waals surface area contributed by atoms with Crippen LogP contribution >= 0.6 is 0 Å². The number of ether oxygens (including phenoxy) is 3. The van der Waals surface area contributed by atoms with Crippen LogP contribution in [-0.4, -0.2) is 47.7 Å². The summed E-state index contributed by atoms with van der Waals surface area (Å²) in [6.07, 6.45) is 3.90. The molecule has 1 aromatic carbocycles. The zero-order valence-electron chi connectivity index (χ0n) is 16.7. The van der Waals surface area contributed by atoms with Crippen LogP contribution in [0.5, 0.6) is 11.6 Å². The number of carbonyl (C=O) groups is 1. The van der Waals surface area contributed by atoms with Crippen molar-refractivity contribution in [2.45, 2.75) is 44.4 Å². The average Bonchev–Trinajstić information content (AvgIpc) is 3.32. The van der Waals surface area contributed by atoms with Gasteiger partial charge in [0.15, 0.2) is 5.69 Å². The Balaban J connectivity index is 1.18. The molecule has 2 aromatic rings. The molecule has 1 unspecified atom stereocenters. The first-order valence-corrected chi connectivity index (χ1v) is 10.5. The Kier molecular flexibility index (Phi) is 5.05. The van der Waals surface area contributed by atoms with E-state index in [1.54, 1.807) is 22.9 Å². The third kappa shape index (κ3) is 3.85. The molecule has 156 valence electrons. The van der Waals surface area contributed by atoms with Gasteiger partial charge in [-0.15, -0.1) is 0 Å². The van der Waals surface area contributed by atoms with Gasteiger partial charge in [-0.2, -0.15) is 10.4 Å². The molecule has 1 saturated heterocycles. The number of carbonyl (C=O) groups excluding carboxylic acids is 1. The lowest BCUT2D eigenvalue weighted by Crippen LogP contribution is -2.43. The molecule has 0 aliphatic carbocycles. The SMILES string of the molecule is N#Cc1ccc2c(c1)C[C@@H](NC(=O)c1cc3n(n1)CC(CC1CCOCC1)O3)CO2. The number of amides is 1. The van der Waals surface area contributed by atoms with Crippen molar-refractivity contribution >= 4 is 5.91 Å². The van der Waals surface area contributed by atoms with E-state index in [1.165, 1.54) is 0 Å². The maximum Gasteiger partial charge on any atom is 0.272 e. The van der Waals surface area contributed by atoms with Crippen LogP contribution in [0.25, 0.3) is 0 Å². The van der Waals surface area contributed by atoms with E-state index in [-0.39, 0.29) is 18.1 Å². The van der Waals surface area contributed by atoms with Gasteiger partial charge in [0, 0.05) is 19.3 Å². The number of benzene rings is 1. The summed E-state index contributed by atoms with van der Waals surface area (Å²) in [4.78, 5) is 12.7. The molecule has 2 atom stereocenters. The van der Waals surface area contributed by atoms with Gasteiger partial charge in [-0.05, 0) is 55.4 Å². The fourth-order valence-corrected chi connectivity index (χ4v) is 4.43. The van der Waals surface area contributed by atoms with Gasteiger partial charge in [-0.3, -0.25) is 4.79 Å². The van der Waals surface area contributed by atoms with Gasteiger partial charge < -0.3 is 19.5 Å². The number of nitrogens with zero attached hydrogens (tertiary/aromatic N) is 3. The summed E-state index contributed by atoms with van der Waals surface area (Å²) in [6, 6.07) is 9.03. The number of rotatable bonds is 4. The summed E-state index contributed by atoms with van der Waals surface area (Å²) >= 11 is 0. The predicted octanol–water partition coefficient (Wildman–Crippen LogP) is 2.07. The highest BCUT2D eigenvalue weighted by atomic mass is 16.5. The molecule has 4 heterocycles. The fraction of sp³-hybridized carbons (Fsp3) is 0.500. The molecular weight excluding hydrogens is 384 g/mol.